The monoisotopic (exact) mass is 415 g/mol. The lowest BCUT2D eigenvalue weighted by Crippen LogP contribution is -2.67. The van der Waals surface area contributed by atoms with E-state index in [1.54, 1.807) is 31.4 Å². The third-order valence-corrected chi connectivity index (χ3v) is 5.12. The van der Waals surface area contributed by atoms with E-state index in [0.717, 1.165) is 5.56 Å². The molecule has 8 heteroatoms. The van der Waals surface area contributed by atoms with Crippen molar-refractivity contribution in [2.75, 3.05) is 13.7 Å². The van der Waals surface area contributed by atoms with Gasteiger partial charge in [0, 0.05) is 12.5 Å². The van der Waals surface area contributed by atoms with E-state index in [0.29, 0.717) is 11.5 Å². The van der Waals surface area contributed by atoms with Gasteiger partial charge in [-0.2, -0.15) is 0 Å². The van der Waals surface area contributed by atoms with Crippen LogP contribution in [0.2, 0.25) is 0 Å². The van der Waals surface area contributed by atoms with Crippen LogP contribution < -0.4 is 14.8 Å². The molecule has 0 aromatic heterocycles. The van der Waals surface area contributed by atoms with Crippen molar-refractivity contribution in [3.63, 3.8) is 0 Å². The Morgan fingerprint density at radius 1 is 1.07 bits per heavy atom. The predicted molar refractivity (Wildman–Crippen MR) is 106 cm³/mol. The third-order valence-electron chi connectivity index (χ3n) is 5.12. The van der Waals surface area contributed by atoms with Gasteiger partial charge in [-0.05, 0) is 24.3 Å². The molecule has 0 saturated carbocycles. The summed E-state index contributed by atoms with van der Waals surface area (Å²) in [5.74, 6) is 0.893. The normalized spacial score (nSPS) is 30.8. The Kier molecular flexibility index (Phi) is 6.19. The highest BCUT2D eigenvalue weighted by Gasteiger charge is 2.50. The Morgan fingerprint density at radius 3 is 2.43 bits per heavy atom. The average Bonchev–Trinajstić information content (AvgIpc) is 2.77. The molecular weight excluding hydrogens is 390 g/mol. The molecule has 0 radical (unpaired) electrons. The SMILES string of the molecule is COc1ccc(O[C@H]2O[C@@H]3CO[C@H](c4ccccc4)O[C@@H]3[C@@H](O)[C@@H]2NC(C)=O)cc1. The fraction of sp³-hybridized carbons (Fsp3) is 0.409. The van der Waals surface area contributed by atoms with E-state index in [2.05, 4.69) is 5.32 Å². The van der Waals surface area contributed by atoms with Crippen LogP contribution in [0, 0.1) is 0 Å². The van der Waals surface area contributed by atoms with Gasteiger partial charge in [0.15, 0.2) is 6.29 Å². The largest absolute Gasteiger partial charge is 0.497 e. The van der Waals surface area contributed by atoms with Gasteiger partial charge in [-0.25, -0.2) is 0 Å². The van der Waals surface area contributed by atoms with E-state index in [1.807, 2.05) is 30.3 Å². The number of carbonyl (C=O) groups is 1. The summed E-state index contributed by atoms with van der Waals surface area (Å²) in [4.78, 5) is 11.8. The quantitative estimate of drug-likeness (QED) is 0.769. The number of hydrogen-bond acceptors (Lipinski definition) is 7. The molecule has 2 fully saturated rings. The van der Waals surface area contributed by atoms with Gasteiger partial charge in [0.1, 0.15) is 35.9 Å². The number of benzene rings is 2. The molecule has 0 spiro atoms. The zero-order valence-corrected chi connectivity index (χ0v) is 16.8. The second-order valence-electron chi connectivity index (χ2n) is 7.23. The van der Waals surface area contributed by atoms with Crippen molar-refractivity contribution in [3.05, 3.63) is 60.2 Å². The van der Waals surface area contributed by atoms with Crippen molar-refractivity contribution in [1.29, 1.82) is 0 Å². The zero-order valence-electron chi connectivity index (χ0n) is 16.8. The summed E-state index contributed by atoms with van der Waals surface area (Å²) in [5.41, 5.74) is 0.843. The van der Waals surface area contributed by atoms with Gasteiger partial charge >= 0.3 is 0 Å². The first-order valence-corrected chi connectivity index (χ1v) is 9.78. The molecule has 160 valence electrons. The predicted octanol–water partition coefficient (Wildman–Crippen LogP) is 1.78. The maximum Gasteiger partial charge on any atom is 0.223 e. The van der Waals surface area contributed by atoms with Crippen molar-refractivity contribution in [2.45, 2.75) is 43.9 Å². The summed E-state index contributed by atoms with van der Waals surface area (Å²) in [5, 5.41) is 13.8. The van der Waals surface area contributed by atoms with Gasteiger partial charge in [-0.3, -0.25) is 4.79 Å². The van der Waals surface area contributed by atoms with Crippen molar-refractivity contribution < 1.29 is 33.6 Å². The molecule has 0 bridgehead atoms. The highest BCUT2D eigenvalue weighted by molar-refractivity contribution is 5.73. The van der Waals surface area contributed by atoms with Gasteiger partial charge in [0.25, 0.3) is 0 Å². The van der Waals surface area contributed by atoms with Gasteiger partial charge in [-0.1, -0.05) is 30.3 Å². The number of hydrogen-bond donors (Lipinski definition) is 2. The molecule has 0 unspecified atom stereocenters. The van der Waals surface area contributed by atoms with Crippen molar-refractivity contribution in [2.24, 2.45) is 0 Å². The van der Waals surface area contributed by atoms with Crippen molar-refractivity contribution in [3.8, 4) is 11.5 Å². The number of amides is 1. The molecule has 2 N–H and O–H groups in total. The minimum absolute atomic E-state index is 0.219. The van der Waals surface area contributed by atoms with Crippen LogP contribution in [0.25, 0.3) is 0 Å². The number of ether oxygens (including phenoxy) is 5. The summed E-state index contributed by atoms with van der Waals surface area (Å²) in [6, 6.07) is 15.6. The molecule has 8 nitrogen and oxygen atoms in total. The fourth-order valence-electron chi connectivity index (χ4n) is 3.65. The molecular formula is C22H25NO7. The van der Waals surface area contributed by atoms with Crippen molar-refractivity contribution in [1.82, 2.24) is 5.32 Å². The lowest BCUT2D eigenvalue weighted by molar-refractivity contribution is -0.333. The second-order valence-corrected chi connectivity index (χ2v) is 7.23. The molecule has 1 amide bonds. The third kappa shape index (κ3) is 4.41. The van der Waals surface area contributed by atoms with Gasteiger partial charge < -0.3 is 34.1 Å². The number of fused-ring (bicyclic) bond motifs is 1. The molecule has 4 rings (SSSR count). The first kappa shape index (κ1) is 20.6. The summed E-state index contributed by atoms with van der Waals surface area (Å²) >= 11 is 0. The smallest absolute Gasteiger partial charge is 0.223 e. The summed E-state index contributed by atoms with van der Waals surface area (Å²) in [7, 11) is 1.58. The average molecular weight is 415 g/mol. The lowest BCUT2D eigenvalue weighted by Gasteiger charge is -2.47. The topological polar surface area (TPSA) is 95.5 Å². The van der Waals surface area contributed by atoms with Crippen molar-refractivity contribution >= 4 is 5.91 Å². The maximum atomic E-state index is 11.8. The van der Waals surface area contributed by atoms with Crippen LogP contribution in [-0.4, -0.2) is 55.4 Å². The number of nitrogens with one attached hydrogen (secondary N) is 1. The summed E-state index contributed by atoms with van der Waals surface area (Å²) in [6.45, 7) is 1.59. The van der Waals surface area contributed by atoms with Crippen LogP contribution in [0.5, 0.6) is 11.5 Å². The lowest BCUT2D eigenvalue weighted by atomic mass is 9.95. The molecule has 0 aliphatic carbocycles. The Hall–Kier alpha value is -2.65. The number of aliphatic hydroxyl groups is 1. The number of carbonyl (C=O) groups excluding carboxylic acids is 1. The number of rotatable bonds is 5. The second kappa shape index (κ2) is 9.01. The summed E-state index contributed by atoms with van der Waals surface area (Å²) < 4.78 is 28.9. The van der Waals surface area contributed by atoms with E-state index in [-0.39, 0.29) is 12.5 Å². The molecule has 2 aromatic carbocycles. The van der Waals surface area contributed by atoms with Crippen LogP contribution in [-0.2, 0) is 19.0 Å². The highest BCUT2D eigenvalue weighted by atomic mass is 16.7. The first-order valence-electron chi connectivity index (χ1n) is 9.78. The van der Waals surface area contributed by atoms with Gasteiger partial charge in [0.05, 0.1) is 13.7 Å². The number of methoxy groups -OCH3 is 1. The van der Waals surface area contributed by atoms with Crippen LogP contribution in [0.1, 0.15) is 18.8 Å². The Balaban J connectivity index is 1.51. The Labute approximate surface area is 174 Å². The maximum absolute atomic E-state index is 11.8. The molecule has 2 aliphatic rings. The summed E-state index contributed by atoms with van der Waals surface area (Å²) in [6.07, 6.45) is -3.82. The van der Waals surface area contributed by atoms with E-state index >= 15 is 0 Å². The Morgan fingerprint density at radius 2 is 1.77 bits per heavy atom. The minimum Gasteiger partial charge on any atom is -0.497 e. The van der Waals surface area contributed by atoms with Gasteiger partial charge in [-0.15, -0.1) is 0 Å². The zero-order chi connectivity index (χ0) is 21.1. The standard InChI is InChI=1S/C22H25NO7/c1-13(24)23-18-19(25)20-17(12-27-21(30-20)14-6-4-3-5-7-14)29-22(18)28-16-10-8-15(26-2)9-11-16/h3-11,17-22,25H,12H2,1-2H3,(H,23,24)/t17-,18+,19+,20+,21+,22+/m1/s1. The van der Waals surface area contributed by atoms with Crippen LogP contribution in [0.4, 0.5) is 0 Å². The van der Waals surface area contributed by atoms with E-state index in [9.17, 15) is 9.90 Å². The molecule has 6 atom stereocenters. The molecule has 2 aromatic rings. The molecule has 2 saturated heterocycles. The van der Waals surface area contributed by atoms with Crippen LogP contribution >= 0.6 is 0 Å². The molecule has 30 heavy (non-hydrogen) atoms. The number of aliphatic hydroxyl groups excluding tert-OH is 1. The molecule has 2 aliphatic heterocycles. The van der Waals surface area contributed by atoms with E-state index < -0.39 is 36.9 Å². The van der Waals surface area contributed by atoms with E-state index in [4.69, 9.17) is 23.7 Å². The van der Waals surface area contributed by atoms with E-state index in [1.165, 1.54) is 6.92 Å². The fourth-order valence-corrected chi connectivity index (χ4v) is 3.65. The minimum atomic E-state index is -1.05. The molecule has 2 heterocycles. The Bertz CT molecular complexity index is 844. The highest BCUT2D eigenvalue weighted by Crippen LogP contribution is 2.35. The van der Waals surface area contributed by atoms with Crippen LogP contribution in [0.15, 0.2) is 54.6 Å². The first-order chi connectivity index (χ1) is 14.5. The van der Waals surface area contributed by atoms with Crippen LogP contribution in [0.3, 0.4) is 0 Å². The van der Waals surface area contributed by atoms with Gasteiger partial charge in [0.2, 0.25) is 12.2 Å².